The molecule has 2 nitrogen and oxygen atoms in total. The van der Waals surface area contributed by atoms with Crippen molar-refractivity contribution in [2.45, 2.75) is 25.2 Å². The summed E-state index contributed by atoms with van der Waals surface area (Å²) in [5.74, 6) is 1.99. The molecule has 0 spiro atoms. The smallest absolute Gasteiger partial charge is 0.160 e. The van der Waals surface area contributed by atoms with E-state index in [0.29, 0.717) is 0 Å². The molecule has 0 aliphatic carbocycles. The Morgan fingerprint density at radius 3 is 2.79 bits per heavy atom. The van der Waals surface area contributed by atoms with Crippen LogP contribution >= 0.6 is 11.8 Å². The first kappa shape index (κ1) is 11.4. The topological polar surface area (TPSA) is 21.3 Å². The van der Waals surface area contributed by atoms with Crippen molar-refractivity contribution in [2.24, 2.45) is 0 Å². The van der Waals surface area contributed by atoms with Gasteiger partial charge < -0.3 is 4.84 Å². The summed E-state index contributed by atoms with van der Waals surface area (Å²) in [6.07, 6.45) is 1.07. The summed E-state index contributed by atoms with van der Waals surface area (Å²) in [5, 5.41) is 0. The van der Waals surface area contributed by atoms with Crippen molar-refractivity contribution >= 4 is 11.8 Å². The van der Waals surface area contributed by atoms with Crippen molar-refractivity contribution in [3.05, 3.63) is 24.3 Å². The molecular formula is C11H17NOS. The van der Waals surface area contributed by atoms with Crippen molar-refractivity contribution in [1.82, 2.24) is 5.48 Å². The van der Waals surface area contributed by atoms with E-state index in [9.17, 15) is 0 Å². The zero-order valence-electron chi connectivity index (χ0n) is 8.75. The minimum Gasteiger partial charge on any atom is -0.408 e. The van der Waals surface area contributed by atoms with Crippen LogP contribution in [0.2, 0.25) is 0 Å². The van der Waals surface area contributed by atoms with Crippen molar-refractivity contribution in [3.63, 3.8) is 0 Å². The van der Waals surface area contributed by atoms with Gasteiger partial charge in [-0.2, -0.15) is 5.48 Å². The molecule has 0 saturated heterocycles. The second-order valence-corrected chi connectivity index (χ2v) is 4.18. The van der Waals surface area contributed by atoms with Crippen LogP contribution in [0.1, 0.15) is 20.3 Å². The number of hydrogen-bond donors (Lipinski definition) is 1. The van der Waals surface area contributed by atoms with Gasteiger partial charge in [0.2, 0.25) is 0 Å². The van der Waals surface area contributed by atoms with Gasteiger partial charge in [-0.05, 0) is 24.3 Å². The molecule has 1 aromatic rings. The zero-order chi connectivity index (χ0) is 10.2. The van der Waals surface area contributed by atoms with Gasteiger partial charge in [0, 0.05) is 6.54 Å². The fraction of sp³-hybridized carbons (Fsp3) is 0.455. The maximum atomic E-state index is 5.46. The lowest BCUT2D eigenvalue weighted by Crippen LogP contribution is -2.19. The number of rotatable bonds is 6. The van der Waals surface area contributed by atoms with Crippen LogP contribution in [0.15, 0.2) is 29.2 Å². The number of benzene rings is 1. The Kier molecular flexibility index (Phi) is 5.49. The van der Waals surface area contributed by atoms with Crippen molar-refractivity contribution < 1.29 is 4.84 Å². The average Bonchev–Trinajstić information content (AvgIpc) is 2.21. The second kappa shape index (κ2) is 6.74. The molecule has 3 heteroatoms. The van der Waals surface area contributed by atoms with E-state index in [0.717, 1.165) is 24.5 Å². The predicted molar refractivity (Wildman–Crippen MR) is 61.8 cm³/mol. The van der Waals surface area contributed by atoms with Gasteiger partial charge in [0.25, 0.3) is 0 Å². The van der Waals surface area contributed by atoms with Gasteiger partial charge in [0.1, 0.15) is 0 Å². The molecule has 0 fully saturated rings. The summed E-state index contributed by atoms with van der Waals surface area (Å²) in [5.41, 5.74) is 2.94. The molecule has 78 valence electrons. The first-order valence-corrected chi connectivity index (χ1v) is 5.98. The largest absolute Gasteiger partial charge is 0.408 e. The first-order chi connectivity index (χ1) is 6.88. The lowest BCUT2D eigenvalue weighted by atomic mass is 10.3. The normalized spacial score (nSPS) is 10.1. The Balaban J connectivity index is 2.55. The number of para-hydroxylation sites is 1. The monoisotopic (exact) mass is 211 g/mol. The Morgan fingerprint density at radius 1 is 1.29 bits per heavy atom. The van der Waals surface area contributed by atoms with Crippen LogP contribution in [0.4, 0.5) is 0 Å². The first-order valence-electron chi connectivity index (χ1n) is 5.00. The molecule has 0 unspecified atom stereocenters. The fourth-order valence-electron chi connectivity index (χ4n) is 1.04. The zero-order valence-corrected chi connectivity index (χ0v) is 9.56. The molecule has 1 aromatic carbocycles. The molecule has 0 aliphatic rings. The highest BCUT2D eigenvalue weighted by molar-refractivity contribution is 7.99. The van der Waals surface area contributed by atoms with E-state index in [-0.39, 0.29) is 0 Å². The summed E-state index contributed by atoms with van der Waals surface area (Å²) < 4.78 is 0. The molecule has 1 N–H and O–H groups in total. The van der Waals surface area contributed by atoms with E-state index in [1.165, 1.54) is 4.90 Å². The van der Waals surface area contributed by atoms with E-state index in [1.807, 2.05) is 18.2 Å². The highest BCUT2D eigenvalue weighted by atomic mass is 32.2. The summed E-state index contributed by atoms with van der Waals surface area (Å²) in [6.45, 7) is 5.13. The maximum absolute atomic E-state index is 5.46. The predicted octanol–water partition coefficient (Wildman–Crippen LogP) is 3.09. The van der Waals surface area contributed by atoms with Crippen LogP contribution in [-0.2, 0) is 0 Å². The molecule has 0 amide bonds. The maximum Gasteiger partial charge on any atom is 0.160 e. The van der Waals surface area contributed by atoms with E-state index >= 15 is 0 Å². The van der Waals surface area contributed by atoms with E-state index in [1.54, 1.807) is 11.8 Å². The van der Waals surface area contributed by atoms with Crippen LogP contribution in [0.3, 0.4) is 0 Å². The van der Waals surface area contributed by atoms with Gasteiger partial charge in [-0.1, -0.05) is 26.0 Å². The third kappa shape index (κ3) is 3.60. The standard InChI is InChI=1S/C11H17NOS/c1-3-9-12-13-10-7-5-6-8-11(10)14-4-2/h5-8,12H,3-4,9H2,1-2H3. The quantitative estimate of drug-likeness (QED) is 0.444. The SMILES string of the molecule is CCCNOc1ccccc1SCC. The number of nitrogens with one attached hydrogen (secondary N) is 1. The van der Waals surface area contributed by atoms with Crippen LogP contribution in [0.25, 0.3) is 0 Å². The van der Waals surface area contributed by atoms with Crippen LogP contribution < -0.4 is 10.3 Å². The Morgan fingerprint density at radius 2 is 2.07 bits per heavy atom. The highest BCUT2D eigenvalue weighted by Crippen LogP contribution is 2.27. The molecule has 0 saturated carbocycles. The molecule has 0 atom stereocenters. The van der Waals surface area contributed by atoms with Crippen LogP contribution in [0.5, 0.6) is 5.75 Å². The lowest BCUT2D eigenvalue weighted by molar-refractivity contribution is 0.191. The molecule has 0 radical (unpaired) electrons. The van der Waals surface area contributed by atoms with E-state index < -0.39 is 0 Å². The van der Waals surface area contributed by atoms with Gasteiger partial charge in [-0.25, -0.2) is 0 Å². The molecular weight excluding hydrogens is 194 g/mol. The van der Waals surface area contributed by atoms with Gasteiger partial charge in [0.15, 0.2) is 5.75 Å². The summed E-state index contributed by atoms with van der Waals surface area (Å²) >= 11 is 1.79. The molecule has 14 heavy (non-hydrogen) atoms. The fourth-order valence-corrected chi connectivity index (χ4v) is 1.78. The number of thioether (sulfide) groups is 1. The molecule has 1 rings (SSSR count). The molecule has 0 aromatic heterocycles. The highest BCUT2D eigenvalue weighted by Gasteiger charge is 2.01. The van der Waals surface area contributed by atoms with Crippen molar-refractivity contribution in [3.8, 4) is 5.75 Å². The van der Waals surface area contributed by atoms with Crippen LogP contribution in [0, 0.1) is 0 Å². The number of hydrogen-bond acceptors (Lipinski definition) is 3. The molecule has 0 aliphatic heterocycles. The Hall–Kier alpha value is -0.670. The Labute approximate surface area is 90.0 Å². The average molecular weight is 211 g/mol. The van der Waals surface area contributed by atoms with Gasteiger partial charge >= 0.3 is 0 Å². The second-order valence-electron chi connectivity index (χ2n) is 2.88. The Bertz CT molecular complexity index is 265. The lowest BCUT2D eigenvalue weighted by Gasteiger charge is -2.09. The minimum atomic E-state index is 0.880. The molecule has 0 bridgehead atoms. The summed E-state index contributed by atoms with van der Waals surface area (Å²) in [7, 11) is 0. The van der Waals surface area contributed by atoms with Crippen molar-refractivity contribution in [1.29, 1.82) is 0 Å². The molecule has 0 heterocycles. The third-order valence-electron chi connectivity index (χ3n) is 1.68. The summed E-state index contributed by atoms with van der Waals surface area (Å²) in [4.78, 5) is 6.65. The third-order valence-corrected chi connectivity index (χ3v) is 2.62. The van der Waals surface area contributed by atoms with Gasteiger partial charge in [-0.3, -0.25) is 0 Å². The van der Waals surface area contributed by atoms with Crippen molar-refractivity contribution in [2.75, 3.05) is 12.3 Å². The van der Waals surface area contributed by atoms with Gasteiger partial charge in [-0.15, -0.1) is 11.8 Å². The van der Waals surface area contributed by atoms with E-state index in [2.05, 4.69) is 25.4 Å². The van der Waals surface area contributed by atoms with Gasteiger partial charge in [0.05, 0.1) is 4.90 Å². The minimum absolute atomic E-state index is 0.880. The van der Waals surface area contributed by atoms with Crippen LogP contribution in [-0.4, -0.2) is 12.3 Å². The summed E-state index contributed by atoms with van der Waals surface area (Å²) in [6, 6.07) is 8.09. The van der Waals surface area contributed by atoms with E-state index in [4.69, 9.17) is 4.84 Å². The number of hydroxylamine groups is 1.